The van der Waals surface area contributed by atoms with Gasteiger partial charge in [-0.3, -0.25) is 4.79 Å². The Kier molecular flexibility index (Phi) is 4.66. The molecule has 0 spiro atoms. The summed E-state index contributed by atoms with van der Waals surface area (Å²) in [4.78, 5) is 13.5. The Hall–Kier alpha value is -0.890. The number of allylic oxidation sites excluding steroid dienone is 1. The van der Waals surface area contributed by atoms with Crippen LogP contribution in [-0.2, 0) is 4.79 Å². The summed E-state index contributed by atoms with van der Waals surface area (Å²) in [5.74, 6) is 3.57. The number of rotatable bonds is 1. The first-order chi connectivity index (χ1) is 13.4. The van der Waals surface area contributed by atoms with Gasteiger partial charge >= 0.3 is 0 Å². The lowest BCUT2D eigenvalue weighted by atomic mass is 9.45. The van der Waals surface area contributed by atoms with Crippen molar-refractivity contribution in [1.29, 1.82) is 0 Å². The number of carbonyl (C=O) groups is 1. The zero-order valence-corrected chi connectivity index (χ0v) is 18.9. The van der Waals surface area contributed by atoms with E-state index in [1.807, 2.05) is 6.07 Å². The minimum atomic E-state index is -0.114. The van der Waals surface area contributed by atoms with Gasteiger partial charge in [0.05, 0.1) is 0 Å². The van der Waals surface area contributed by atoms with Crippen LogP contribution in [0.3, 0.4) is 0 Å². The summed E-state index contributed by atoms with van der Waals surface area (Å²) < 4.78 is 1.08. The molecule has 150 valence electrons. The summed E-state index contributed by atoms with van der Waals surface area (Å²) in [5.41, 5.74) is 2.67. The van der Waals surface area contributed by atoms with Gasteiger partial charge in [-0.1, -0.05) is 54.8 Å². The summed E-state index contributed by atoms with van der Waals surface area (Å²) in [6, 6.07) is 8.35. The van der Waals surface area contributed by atoms with Crippen molar-refractivity contribution in [3.05, 3.63) is 39.9 Å². The van der Waals surface area contributed by atoms with Crippen molar-refractivity contribution < 1.29 is 4.79 Å². The van der Waals surface area contributed by atoms with Gasteiger partial charge in [0.25, 0.3) is 0 Å². The second kappa shape index (κ2) is 6.83. The molecule has 0 aromatic heterocycles. The molecule has 4 aliphatic carbocycles. The van der Waals surface area contributed by atoms with Gasteiger partial charge in [0.2, 0.25) is 0 Å². The van der Waals surface area contributed by atoms with E-state index in [1.165, 1.54) is 44.9 Å². The van der Waals surface area contributed by atoms with Crippen LogP contribution in [0.2, 0.25) is 0 Å². The monoisotopic (exact) mass is 440 g/mol. The van der Waals surface area contributed by atoms with E-state index in [0.717, 1.165) is 46.2 Å². The average molecular weight is 441 g/mol. The van der Waals surface area contributed by atoms with Crippen LogP contribution in [0.25, 0.3) is 6.08 Å². The number of halogens is 1. The molecular formula is C26H33BrO. The van der Waals surface area contributed by atoms with Gasteiger partial charge in [-0.05, 0) is 103 Å². The predicted octanol–water partition coefficient (Wildman–Crippen LogP) is 7.44. The Bertz CT molecular complexity index is 825. The maximum Gasteiger partial charge on any atom is 0.165 e. The van der Waals surface area contributed by atoms with Crippen molar-refractivity contribution in [2.45, 2.75) is 71.6 Å². The quantitative estimate of drug-likeness (QED) is 0.414. The Labute approximate surface area is 178 Å². The van der Waals surface area contributed by atoms with E-state index in [1.54, 1.807) is 0 Å². The van der Waals surface area contributed by atoms with E-state index in [0.29, 0.717) is 17.1 Å². The number of carbonyl (C=O) groups excluding carboxylic acids is 1. The standard InChI is InChI=1S/C26H33BrO/c1-25-12-4-3-7-19(25)9-10-21-22(25)11-13-26(2)23(21)16-18(24(26)28)14-17-6-5-8-20(27)15-17/h5-6,8,14-15,19,21-23H,3-4,7,9-13,16H2,1-2H3/b18-14-/t19-,21+,22-,23+,25-,26-/m0/s1. The van der Waals surface area contributed by atoms with Gasteiger partial charge in [0, 0.05) is 9.89 Å². The highest BCUT2D eigenvalue weighted by Gasteiger charge is 2.60. The van der Waals surface area contributed by atoms with E-state index in [4.69, 9.17) is 0 Å². The highest BCUT2D eigenvalue weighted by molar-refractivity contribution is 9.10. The van der Waals surface area contributed by atoms with Crippen molar-refractivity contribution in [1.82, 2.24) is 0 Å². The van der Waals surface area contributed by atoms with Crippen LogP contribution in [0.4, 0.5) is 0 Å². The zero-order valence-electron chi connectivity index (χ0n) is 17.3. The molecule has 0 saturated heterocycles. The predicted molar refractivity (Wildman–Crippen MR) is 119 cm³/mol. The molecule has 0 radical (unpaired) electrons. The van der Waals surface area contributed by atoms with Gasteiger partial charge in [0.15, 0.2) is 5.78 Å². The molecule has 5 rings (SSSR count). The molecule has 4 saturated carbocycles. The van der Waals surface area contributed by atoms with E-state index in [-0.39, 0.29) is 5.41 Å². The SMILES string of the molecule is C[C@]12CCCC[C@H]1CC[C@H]1[C@H]3C/C(=C/c4cccc(Br)c4)C(=O)[C@@]3(C)CC[C@@H]12. The maximum atomic E-state index is 13.5. The maximum absolute atomic E-state index is 13.5. The average Bonchev–Trinajstić information content (AvgIpc) is 2.92. The third-order valence-electron chi connectivity index (χ3n) is 9.41. The minimum Gasteiger partial charge on any atom is -0.294 e. The second-order valence-electron chi connectivity index (χ2n) is 10.6. The van der Waals surface area contributed by atoms with Gasteiger partial charge < -0.3 is 0 Å². The molecular weight excluding hydrogens is 408 g/mol. The highest BCUT2D eigenvalue weighted by atomic mass is 79.9. The van der Waals surface area contributed by atoms with E-state index in [9.17, 15) is 4.79 Å². The van der Waals surface area contributed by atoms with E-state index in [2.05, 4.69) is 54.1 Å². The molecule has 2 heteroatoms. The molecule has 28 heavy (non-hydrogen) atoms. The lowest BCUT2D eigenvalue weighted by Crippen LogP contribution is -2.52. The summed E-state index contributed by atoms with van der Waals surface area (Å²) in [5, 5.41) is 0. The largest absolute Gasteiger partial charge is 0.294 e. The smallest absolute Gasteiger partial charge is 0.165 e. The lowest BCUT2D eigenvalue weighted by Gasteiger charge is -2.59. The number of ketones is 1. The molecule has 1 nitrogen and oxygen atoms in total. The van der Waals surface area contributed by atoms with Crippen molar-refractivity contribution in [2.75, 3.05) is 0 Å². The van der Waals surface area contributed by atoms with Crippen LogP contribution >= 0.6 is 15.9 Å². The molecule has 4 aliphatic rings. The minimum absolute atomic E-state index is 0.114. The van der Waals surface area contributed by atoms with Crippen LogP contribution in [0.5, 0.6) is 0 Å². The summed E-state index contributed by atoms with van der Waals surface area (Å²) >= 11 is 3.57. The third-order valence-corrected chi connectivity index (χ3v) is 9.91. The topological polar surface area (TPSA) is 17.1 Å². The molecule has 0 aliphatic heterocycles. The van der Waals surface area contributed by atoms with Crippen molar-refractivity contribution in [3.8, 4) is 0 Å². The summed E-state index contributed by atoms with van der Waals surface area (Å²) in [6.07, 6.45) is 14.1. The van der Waals surface area contributed by atoms with Gasteiger partial charge in [-0.15, -0.1) is 0 Å². The van der Waals surface area contributed by atoms with E-state index >= 15 is 0 Å². The molecule has 0 amide bonds. The van der Waals surface area contributed by atoms with Gasteiger partial charge in [0.1, 0.15) is 0 Å². The second-order valence-corrected chi connectivity index (χ2v) is 11.5. The normalized spacial score (nSPS) is 44.1. The van der Waals surface area contributed by atoms with Crippen molar-refractivity contribution in [2.24, 2.45) is 34.5 Å². The number of hydrogen-bond acceptors (Lipinski definition) is 1. The lowest BCUT2D eigenvalue weighted by molar-refractivity contribution is -0.137. The number of benzene rings is 1. The van der Waals surface area contributed by atoms with Gasteiger partial charge in [-0.25, -0.2) is 0 Å². The molecule has 4 fully saturated rings. The zero-order chi connectivity index (χ0) is 19.5. The Morgan fingerprint density at radius 3 is 2.71 bits per heavy atom. The number of hydrogen-bond donors (Lipinski definition) is 0. The Morgan fingerprint density at radius 2 is 1.89 bits per heavy atom. The molecule has 1 aromatic rings. The third kappa shape index (κ3) is 2.81. The first kappa shape index (κ1) is 19.1. The van der Waals surface area contributed by atoms with Crippen LogP contribution in [0.1, 0.15) is 77.2 Å². The molecule has 1 aromatic carbocycles. The Morgan fingerprint density at radius 1 is 1.04 bits per heavy atom. The van der Waals surface area contributed by atoms with Crippen molar-refractivity contribution >= 4 is 27.8 Å². The molecule has 0 bridgehead atoms. The Balaban J connectivity index is 1.46. The first-order valence-electron chi connectivity index (χ1n) is 11.4. The fourth-order valence-corrected chi connectivity index (χ4v) is 8.31. The summed E-state index contributed by atoms with van der Waals surface area (Å²) in [6.45, 7) is 4.92. The van der Waals surface area contributed by atoms with Crippen LogP contribution < -0.4 is 0 Å². The number of fused-ring (bicyclic) bond motifs is 5. The van der Waals surface area contributed by atoms with E-state index < -0.39 is 0 Å². The van der Waals surface area contributed by atoms with Crippen LogP contribution in [-0.4, -0.2) is 5.78 Å². The summed E-state index contributed by atoms with van der Waals surface area (Å²) in [7, 11) is 0. The molecule has 0 N–H and O–H groups in total. The fraction of sp³-hybridized carbons (Fsp3) is 0.654. The number of Topliss-reactive ketones (excluding diaryl/α,β-unsaturated/α-hetero) is 1. The first-order valence-corrected chi connectivity index (χ1v) is 12.2. The highest BCUT2D eigenvalue weighted by Crippen LogP contribution is 2.66. The molecule has 0 unspecified atom stereocenters. The molecule has 6 atom stereocenters. The van der Waals surface area contributed by atoms with Crippen molar-refractivity contribution in [3.63, 3.8) is 0 Å². The fourth-order valence-electron chi connectivity index (χ4n) is 7.89. The van der Waals surface area contributed by atoms with Crippen LogP contribution in [0, 0.1) is 34.5 Å². The molecule has 0 heterocycles. The van der Waals surface area contributed by atoms with Gasteiger partial charge in [-0.2, -0.15) is 0 Å². The van der Waals surface area contributed by atoms with Crippen LogP contribution in [0.15, 0.2) is 34.3 Å².